The lowest BCUT2D eigenvalue weighted by molar-refractivity contribution is -0.122. The number of hydrogen-bond donors (Lipinski definition) is 3. The van der Waals surface area contributed by atoms with E-state index in [2.05, 4.69) is 10.4 Å². The van der Waals surface area contributed by atoms with E-state index in [9.17, 15) is 4.79 Å². The second-order valence-corrected chi connectivity index (χ2v) is 5.13. The number of nitrogens with one attached hydrogen (secondary N) is 1. The Bertz CT molecular complexity index is 370. The molecule has 0 fully saturated rings. The van der Waals surface area contributed by atoms with Crippen LogP contribution in [0.5, 0.6) is 0 Å². The topological polar surface area (TPSA) is 93.2 Å². The zero-order chi connectivity index (χ0) is 13.4. The van der Waals surface area contributed by atoms with Crippen LogP contribution in [-0.4, -0.2) is 45.5 Å². The van der Waals surface area contributed by atoms with E-state index < -0.39 is 6.04 Å². The largest absolute Gasteiger partial charge is 0.396 e. The molecule has 7 heteroatoms. The predicted molar refractivity (Wildman–Crippen MR) is 72.2 cm³/mol. The fourth-order valence-electron chi connectivity index (χ4n) is 1.38. The van der Waals surface area contributed by atoms with E-state index in [1.54, 1.807) is 35.9 Å². The van der Waals surface area contributed by atoms with Crippen LogP contribution < -0.4 is 11.1 Å². The van der Waals surface area contributed by atoms with Gasteiger partial charge in [-0.3, -0.25) is 9.48 Å². The maximum atomic E-state index is 11.7. The normalized spacial score (nSPS) is 12.4. The van der Waals surface area contributed by atoms with Gasteiger partial charge in [-0.25, -0.2) is 0 Å². The van der Waals surface area contributed by atoms with Crippen molar-refractivity contribution < 1.29 is 9.90 Å². The van der Waals surface area contributed by atoms with Crippen LogP contribution in [0.3, 0.4) is 0 Å². The summed E-state index contributed by atoms with van der Waals surface area (Å²) in [5.41, 5.74) is 6.52. The molecule has 1 heterocycles. The minimum Gasteiger partial charge on any atom is -0.396 e. The van der Waals surface area contributed by atoms with Gasteiger partial charge >= 0.3 is 0 Å². The SMILES string of the molecule is Cn1cc(C(N)C(=O)NCCSCCCO)cn1. The number of nitrogens with zero attached hydrogens (tertiary/aromatic N) is 2. The fourth-order valence-corrected chi connectivity index (χ4v) is 2.16. The minimum atomic E-state index is -0.666. The molecule has 0 saturated heterocycles. The molecule has 1 rings (SSSR count). The van der Waals surface area contributed by atoms with Crippen molar-refractivity contribution in [1.29, 1.82) is 0 Å². The molecule has 4 N–H and O–H groups in total. The van der Waals surface area contributed by atoms with Crippen molar-refractivity contribution in [2.45, 2.75) is 12.5 Å². The van der Waals surface area contributed by atoms with Gasteiger partial charge in [0.15, 0.2) is 0 Å². The summed E-state index contributed by atoms with van der Waals surface area (Å²) in [4.78, 5) is 11.7. The highest BCUT2D eigenvalue weighted by Gasteiger charge is 2.16. The van der Waals surface area contributed by atoms with Crippen LogP contribution in [0.25, 0.3) is 0 Å². The Labute approximate surface area is 111 Å². The van der Waals surface area contributed by atoms with E-state index in [1.165, 1.54) is 0 Å². The smallest absolute Gasteiger partial charge is 0.241 e. The number of carbonyl (C=O) groups excluding carboxylic acids is 1. The molecule has 18 heavy (non-hydrogen) atoms. The van der Waals surface area contributed by atoms with Gasteiger partial charge in [0.25, 0.3) is 0 Å². The predicted octanol–water partition coefficient (Wildman–Crippen LogP) is -0.348. The third kappa shape index (κ3) is 5.07. The van der Waals surface area contributed by atoms with E-state index in [1.807, 2.05) is 0 Å². The molecule has 0 radical (unpaired) electrons. The number of thioether (sulfide) groups is 1. The Hall–Kier alpha value is -1.05. The molecule has 1 amide bonds. The molecular weight excluding hydrogens is 252 g/mol. The first-order valence-electron chi connectivity index (χ1n) is 5.85. The standard InChI is InChI=1S/C11H20N4O2S/c1-15-8-9(7-14-15)10(12)11(17)13-3-6-18-5-2-4-16/h7-8,10,16H,2-6,12H2,1H3,(H,13,17). The first-order valence-corrected chi connectivity index (χ1v) is 7.01. The van der Waals surface area contributed by atoms with E-state index in [-0.39, 0.29) is 12.5 Å². The summed E-state index contributed by atoms with van der Waals surface area (Å²) in [6, 6.07) is -0.666. The average molecular weight is 272 g/mol. The number of aliphatic hydroxyl groups is 1. The van der Waals surface area contributed by atoms with Gasteiger partial charge in [-0.1, -0.05) is 0 Å². The molecular formula is C11H20N4O2S. The van der Waals surface area contributed by atoms with Gasteiger partial charge in [-0.2, -0.15) is 16.9 Å². The lowest BCUT2D eigenvalue weighted by atomic mass is 10.1. The second kappa shape index (κ2) is 8.12. The number of carbonyl (C=O) groups is 1. The van der Waals surface area contributed by atoms with Crippen molar-refractivity contribution in [3.63, 3.8) is 0 Å². The molecule has 1 aromatic rings. The van der Waals surface area contributed by atoms with Crippen LogP contribution in [0.2, 0.25) is 0 Å². The monoisotopic (exact) mass is 272 g/mol. The van der Waals surface area contributed by atoms with E-state index in [4.69, 9.17) is 10.8 Å². The van der Waals surface area contributed by atoms with Gasteiger partial charge in [-0.05, 0) is 12.2 Å². The number of amides is 1. The number of aryl methyl sites for hydroxylation is 1. The van der Waals surface area contributed by atoms with Crippen molar-refractivity contribution >= 4 is 17.7 Å². The molecule has 0 saturated carbocycles. The molecule has 6 nitrogen and oxygen atoms in total. The van der Waals surface area contributed by atoms with Gasteiger partial charge in [0.2, 0.25) is 5.91 Å². The number of rotatable bonds is 8. The van der Waals surface area contributed by atoms with Crippen molar-refractivity contribution in [2.75, 3.05) is 24.7 Å². The molecule has 1 atom stereocenters. The summed E-state index contributed by atoms with van der Waals surface area (Å²) in [6.07, 6.45) is 4.12. The van der Waals surface area contributed by atoms with Crippen LogP contribution in [-0.2, 0) is 11.8 Å². The lowest BCUT2D eigenvalue weighted by Crippen LogP contribution is -2.35. The number of nitrogens with two attached hydrogens (primary N) is 1. The Balaban J connectivity index is 2.20. The Kier molecular flexibility index (Phi) is 6.77. The van der Waals surface area contributed by atoms with Gasteiger partial charge in [0.1, 0.15) is 6.04 Å². The maximum absolute atomic E-state index is 11.7. The van der Waals surface area contributed by atoms with Gasteiger partial charge in [-0.15, -0.1) is 0 Å². The first-order chi connectivity index (χ1) is 8.65. The van der Waals surface area contributed by atoms with Gasteiger partial charge in [0.05, 0.1) is 6.20 Å². The second-order valence-electron chi connectivity index (χ2n) is 3.91. The highest BCUT2D eigenvalue weighted by molar-refractivity contribution is 7.99. The molecule has 0 bridgehead atoms. The quantitative estimate of drug-likeness (QED) is 0.563. The summed E-state index contributed by atoms with van der Waals surface area (Å²) in [7, 11) is 1.78. The number of aliphatic hydroxyl groups excluding tert-OH is 1. The Morgan fingerprint density at radius 2 is 2.44 bits per heavy atom. The number of hydrogen-bond acceptors (Lipinski definition) is 5. The number of aromatic nitrogens is 2. The van der Waals surface area contributed by atoms with Crippen LogP contribution in [0.1, 0.15) is 18.0 Å². The summed E-state index contributed by atoms with van der Waals surface area (Å²) < 4.78 is 1.62. The van der Waals surface area contributed by atoms with Crippen molar-refractivity contribution in [1.82, 2.24) is 15.1 Å². The lowest BCUT2D eigenvalue weighted by Gasteiger charge is -2.10. The van der Waals surface area contributed by atoms with Gasteiger partial charge < -0.3 is 16.2 Å². The van der Waals surface area contributed by atoms with E-state index >= 15 is 0 Å². The summed E-state index contributed by atoms with van der Waals surface area (Å²) in [5, 5.41) is 15.4. The molecule has 0 aliphatic rings. The fraction of sp³-hybridized carbons (Fsp3) is 0.636. The Morgan fingerprint density at radius 3 is 3.06 bits per heavy atom. The summed E-state index contributed by atoms with van der Waals surface area (Å²) >= 11 is 1.70. The van der Waals surface area contributed by atoms with Crippen LogP contribution in [0, 0.1) is 0 Å². The highest BCUT2D eigenvalue weighted by Crippen LogP contribution is 2.08. The zero-order valence-corrected chi connectivity index (χ0v) is 11.3. The highest BCUT2D eigenvalue weighted by atomic mass is 32.2. The molecule has 1 aromatic heterocycles. The molecule has 1 unspecified atom stereocenters. The first kappa shape index (κ1) is 15.0. The van der Waals surface area contributed by atoms with Gasteiger partial charge in [0, 0.05) is 37.7 Å². The van der Waals surface area contributed by atoms with E-state index in [0.717, 1.165) is 17.9 Å². The molecule has 0 aliphatic carbocycles. The molecule has 0 spiro atoms. The molecule has 102 valence electrons. The Morgan fingerprint density at radius 1 is 1.67 bits per heavy atom. The average Bonchev–Trinajstić information content (AvgIpc) is 2.79. The molecule has 0 aromatic carbocycles. The summed E-state index contributed by atoms with van der Waals surface area (Å²) in [5.74, 6) is 1.54. The third-order valence-corrected chi connectivity index (χ3v) is 3.43. The van der Waals surface area contributed by atoms with Crippen molar-refractivity contribution in [3.05, 3.63) is 18.0 Å². The van der Waals surface area contributed by atoms with Crippen LogP contribution >= 0.6 is 11.8 Å². The minimum absolute atomic E-state index is 0.189. The zero-order valence-electron chi connectivity index (χ0n) is 10.5. The van der Waals surface area contributed by atoms with Crippen molar-refractivity contribution in [3.8, 4) is 0 Å². The maximum Gasteiger partial charge on any atom is 0.241 e. The summed E-state index contributed by atoms with van der Waals surface area (Å²) in [6.45, 7) is 0.800. The van der Waals surface area contributed by atoms with Crippen molar-refractivity contribution in [2.24, 2.45) is 12.8 Å². The molecule has 0 aliphatic heterocycles. The van der Waals surface area contributed by atoms with Crippen LogP contribution in [0.4, 0.5) is 0 Å². The third-order valence-electron chi connectivity index (χ3n) is 2.36. The van der Waals surface area contributed by atoms with Crippen LogP contribution in [0.15, 0.2) is 12.4 Å². The van der Waals surface area contributed by atoms with E-state index in [0.29, 0.717) is 12.1 Å².